The van der Waals surface area contributed by atoms with Crippen molar-refractivity contribution < 1.29 is 14.2 Å². The van der Waals surface area contributed by atoms with Gasteiger partial charge < -0.3 is 0 Å². The van der Waals surface area contributed by atoms with Crippen LogP contribution in [0.5, 0.6) is 0 Å². The molecule has 0 N–H and O–H groups in total. The van der Waals surface area contributed by atoms with Crippen molar-refractivity contribution in [3.05, 3.63) is 11.9 Å². The lowest BCUT2D eigenvalue weighted by molar-refractivity contribution is -0.677. The highest BCUT2D eigenvalue weighted by Gasteiger charge is 2.53. The molecule has 7 nitrogen and oxygen atoms in total. The third kappa shape index (κ3) is 2.75. The topological polar surface area (TPSA) is 61.8 Å². The van der Waals surface area contributed by atoms with Crippen LogP contribution in [-0.4, -0.2) is 45.7 Å². The van der Waals surface area contributed by atoms with Crippen molar-refractivity contribution in [2.45, 2.75) is 65.5 Å². The SMILES string of the molecule is CCCCCCN1C(=O)C2C(=Nc3n(C(C)C)c(C)c[n+]32)N(C)C1=O. The van der Waals surface area contributed by atoms with E-state index in [9.17, 15) is 9.59 Å². The number of carbonyl (C=O) groups is 2. The number of hydrogen-bond acceptors (Lipinski definition) is 3. The van der Waals surface area contributed by atoms with Gasteiger partial charge in [-0.3, -0.25) is 14.6 Å². The molecule has 1 aromatic heterocycles. The Kier molecular flexibility index (Phi) is 4.67. The van der Waals surface area contributed by atoms with E-state index in [1.165, 1.54) is 9.80 Å². The summed E-state index contributed by atoms with van der Waals surface area (Å²) in [5, 5.41) is 0. The summed E-state index contributed by atoms with van der Waals surface area (Å²) in [7, 11) is 1.71. The van der Waals surface area contributed by atoms with Gasteiger partial charge in [-0.05, 0) is 27.2 Å². The standard InChI is InChI=1S/C18H28N5O2/c1-6-7-8-9-10-21-16(24)14-15(20(5)18(21)25)19-17-22(14)11-13(4)23(17)12(2)3/h11-12,14H,6-10H2,1-5H3/q+1. The smallest absolute Gasteiger partial charge is 0.270 e. The van der Waals surface area contributed by atoms with Gasteiger partial charge in [0.25, 0.3) is 5.91 Å². The minimum absolute atomic E-state index is 0.164. The molecule has 7 heteroatoms. The first-order valence-corrected chi connectivity index (χ1v) is 9.19. The molecule has 0 spiro atoms. The van der Waals surface area contributed by atoms with Crippen molar-refractivity contribution in [2.24, 2.45) is 4.99 Å². The van der Waals surface area contributed by atoms with E-state index in [2.05, 4.69) is 30.3 Å². The molecule has 2 aliphatic heterocycles. The van der Waals surface area contributed by atoms with E-state index in [-0.39, 0.29) is 18.0 Å². The van der Waals surface area contributed by atoms with Gasteiger partial charge in [0.05, 0.1) is 6.04 Å². The molecule has 136 valence electrons. The van der Waals surface area contributed by atoms with Gasteiger partial charge in [0, 0.05) is 13.6 Å². The number of urea groups is 1. The molecule has 0 aromatic carbocycles. The fourth-order valence-electron chi connectivity index (χ4n) is 3.74. The van der Waals surface area contributed by atoms with Gasteiger partial charge in [-0.1, -0.05) is 31.2 Å². The second-order valence-corrected chi connectivity index (χ2v) is 7.21. The maximum atomic E-state index is 13.0. The number of aryl methyl sites for hydroxylation is 1. The minimum Gasteiger partial charge on any atom is -0.270 e. The van der Waals surface area contributed by atoms with E-state index in [1.54, 1.807) is 7.05 Å². The third-order valence-corrected chi connectivity index (χ3v) is 5.00. The molecule has 3 heterocycles. The molecule has 0 saturated carbocycles. The van der Waals surface area contributed by atoms with Crippen LogP contribution in [-0.2, 0) is 4.79 Å². The molecular weight excluding hydrogens is 318 g/mol. The van der Waals surface area contributed by atoms with Crippen LogP contribution in [0.4, 0.5) is 10.7 Å². The fourth-order valence-corrected chi connectivity index (χ4v) is 3.74. The van der Waals surface area contributed by atoms with E-state index in [0.29, 0.717) is 12.4 Å². The molecule has 25 heavy (non-hydrogen) atoms. The third-order valence-electron chi connectivity index (χ3n) is 5.00. The monoisotopic (exact) mass is 346 g/mol. The van der Waals surface area contributed by atoms with Crippen molar-refractivity contribution in [3.63, 3.8) is 0 Å². The maximum absolute atomic E-state index is 13.0. The molecule has 1 unspecified atom stereocenters. The molecule has 3 rings (SSSR count). The number of rotatable bonds is 6. The van der Waals surface area contributed by atoms with E-state index < -0.39 is 6.04 Å². The average Bonchev–Trinajstić information content (AvgIpc) is 3.06. The Morgan fingerprint density at radius 2 is 1.96 bits per heavy atom. The van der Waals surface area contributed by atoms with E-state index >= 15 is 0 Å². The molecule has 1 atom stereocenters. The fraction of sp³-hybridized carbons (Fsp3) is 0.667. The van der Waals surface area contributed by atoms with Crippen LogP contribution < -0.4 is 4.57 Å². The molecular formula is C18H28N5O2+. The number of imidazole rings is 1. The van der Waals surface area contributed by atoms with Crippen molar-refractivity contribution in [1.29, 1.82) is 0 Å². The summed E-state index contributed by atoms with van der Waals surface area (Å²) in [6, 6.07) is -0.556. The van der Waals surface area contributed by atoms with Crippen LogP contribution in [0.25, 0.3) is 0 Å². The zero-order chi connectivity index (χ0) is 18.3. The molecule has 1 fully saturated rings. The highest BCUT2D eigenvalue weighted by Crippen LogP contribution is 2.31. The largest absolute Gasteiger partial charge is 0.402 e. The van der Waals surface area contributed by atoms with Gasteiger partial charge in [-0.2, -0.15) is 0 Å². The summed E-state index contributed by atoms with van der Waals surface area (Å²) in [5.41, 5.74) is 1.06. The zero-order valence-corrected chi connectivity index (χ0v) is 15.8. The Morgan fingerprint density at radius 1 is 1.24 bits per heavy atom. The normalized spacial score (nSPS) is 19.6. The Bertz CT molecular complexity index is 734. The summed E-state index contributed by atoms with van der Waals surface area (Å²) in [4.78, 5) is 33.2. The molecule has 0 bridgehead atoms. The number of nitrogens with zero attached hydrogens (tertiary/aromatic N) is 5. The number of carbonyl (C=O) groups excluding carboxylic acids is 2. The Balaban J connectivity index is 1.92. The lowest BCUT2D eigenvalue weighted by Crippen LogP contribution is -2.62. The van der Waals surface area contributed by atoms with Crippen LogP contribution in [0, 0.1) is 6.92 Å². The van der Waals surface area contributed by atoms with E-state index in [4.69, 9.17) is 0 Å². The molecule has 1 aromatic rings. The van der Waals surface area contributed by atoms with Crippen molar-refractivity contribution in [1.82, 2.24) is 14.4 Å². The predicted octanol–water partition coefficient (Wildman–Crippen LogP) is 2.72. The molecule has 2 aliphatic rings. The van der Waals surface area contributed by atoms with Gasteiger partial charge in [0.2, 0.25) is 11.9 Å². The first-order chi connectivity index (χ1) is 11.9. The number of aliphatic imine (C=N–C) groups is 1. The number of hydrogen-bond donors (Lipinski definition) is 0. The van der Waals surface area contributed by atoms with Crippen molar-refractivity contribution >= 4 is 23.7 Å². The van der Waals surface area contributed by atoms with Gasteiger partial charge in [0.15, 0.2) is 0 Å². The lowest BCUT2D eigenvalue weighted by atomic mass is 10.1. The summed E-state index contributed by atoms with van der Waals surface area (Å²) >= 11 is 0. The van der Waals surface area contributed by atoms with Crippen molar-refractivity contribution in [3.8, 4) is 0 Å². The Labute approximate surface area is 148 Å². The summed E-state index contributed by atoms with van der Waals surface area (Å²) in [5.74, 6) is 1.11. The second kappa shape index (κ2) is 6.61. The quantitative estimate of drug-likeness (QED) is 0.587. The average molecular weight is 346 g/mol. The molecule has 0 radical (unpaired) electrons. The van der Waals surface area contributed by atoms with Crippen molar-refractivity contribution in [2.75, 3.05) is 13.6 Å². The summed E-state index contributed by atoms with van der Waals surface area (Å²) < 4.78 is 4.01. The molecule has 1 saturated heterocycles. The second-order valence-electron chi connectivity index (χ2n) is 7.21. The van der Waals surface area contributed by atoms with Crippen LogP contribution in [0.1, 0.15) is 64.2 Å². The first-order valence-electron chi connectivity index (χ1n) is 9.19. The van der Waals surface area contributed by atoms with Crippen LogP contribution >= 0.6 is 0 Å². The number of aromatic nitrogens is 2. The first kappa shape index (κ1) is 17.6. The predicted molar refractivity (Wildman–Crippen MR) is 94.9 cm³/mol. The van der Waals surface area contributed by atoms with Crippen LogP contribution in [0.2, 0.25) is 0 Å². The summed E-state index contributed by atoms with van der Waals surface area (Å²) in [6.07, 6.45) is 6.10. The van der Waals surface area contributed by atoms with Crippen LogP contribution in [0.15, 0.2) is 11.2 Å². The number of unbranched alkanes of at least 4 members (excludes halogenated alkanes) is 3. The minimum atomic E-state index is -0.525. The highest BCUT2D eigenvalue weighted by molar-refractivity contribution is 6.19. The van der Waals surface area contributed by atoms with E-state index in [1.807, 2.05) is 17.7 Å². The molecule has 3 amide bonds. The van der Waals surface area contributed by atoms with Gasteiger partial charge in [-0.25, -0.2) is 13.9 Å². The number of amides is 3. The maximum Gasteiger partial charge on any atom is 0.402 e. The Morgan fingerprint density at radius 3 is 2.60 bits per heavy atom. The zero-order valence-electron chi connectivity index (χ0n) is 15.8. The highest BCUT2D eigenvalue weighted by atomic mass is 16.2. The van der Waals surface area contributed by atoms with Gasteiger partial charge in [0.1, 0.15) is 11.9 Å². The van der Waals surface area contributed by atoms with Gasteiger partial charge in [-0.15, -0.1) is 0 Å². The Hall–Kier alpha value is -2.18. The van der Waals surface area contributed by atoms with Crippen LogP contribution in [0.3, 0.4) is 0 Å². The number of likely N-dealkylation sites (N-methyl/N-ethyl adjacent to an activating group) is 1. The number of fused-ring (bicyclic) bond motifs is 3. The number of amidine groups is 1. The summed E-state index contributed by atoms with van der Waals surface area (Å²) in [6.45, 7) is 8.82. The number of imide groups is 1. The lowest BCUT2D eigenvalue weighted by Gasteiger charge is -2.33. The molecule has 0 aliphatic carbocycles. The van der Waals surface area contributed by atoms with Gasteiger partial charge >= 0.3 is 12.0 Å². The van der Waals surface area contributed by atoms with E-state index in [0.717, 1.165) is 37.3 Å².